The van der Waals surface area contributed by atoms with Gasteiger partial charge in [0.2, 0.25) is 11.8 Å². The Labute approximate surface area is 113 Å². The largest absolute Gasteiger partial charge is 0.423 e. The van der Waals surface area contributed by atoms with Crippen LogP contribution in [-0.4, -0.2) is 16.7 Å². The highest BCUT2D eigenvalue weighted by Gasteiger charge is 2.27. The fourth-order valence-electron chi connectivity index (χ4n) is 2.38. The van der Waals surface area contributed by atoms with Gasteiger partial charge in [0.25, 0.3) is 0 Å². The summed E-state index contributed by atoms with van der Waals surface area (Å²) in [6, 6.07) is 10.2. The first-order valence-electron chi connectivity index (χ1n) is 7.00. The molecule has 3 rings (SSSR count). The van der Waals surface area contributed by atoms with Gasteiger partial charge in [-0.05, 0) is 24.9 Å². The summed E-state index contributed by atoms with van der Waals surface area (Å²) in [5.41, 5.74) is 1.16. The van der Waals surface area contributed by atoms with Crippen LogP contribution < -0.4 is 5.32 Å². The molecule has 4 heteroatoms. The molecule has 0 spiro atoms. The molecule has 1 aromatic heterocycles. The molecular formula is C15H19N3O. The van der Waals surface area contributed by atoms with Gasteiger partial charge in [-0.2, -0.15) is 0 Å². The van der Waals surface area contributed by atoms with E-state index in [-0.39, 0.29) is 6.04 Å². The van der Waals surface area contributed by atoms with Crippen LogP contribution in [0.1, 0.15) is 55.5 Å². The highest BCUT2D eigenvalue weighted by molar-refractivity contribution is 5.23. The van der Waals surface area contributed by atoms with Gasteiger partial charge in [-0.15, -0.1) is 10.2 Å². The maximum atomic E-state index is 5.87. The van der Waals surface area contributed by atoms with E-state index in [2.05, 4.69) is 34.6 Å². The van der Waals surface area contributed by atoms with Crippen molar-refractivity contribution in [2.75, 3.05) is 6.54 Å². The summed E-state index contributed by atoms with van der Waals surface area (Å²) in [7, 11) is 0. The highest BCUT2D eigenvalue weighted by Crippen LogP contribution is 2.36. The lowest BCUT2D eigenvalue weighted by atomic mass is 9.85. The molecule has 0 amide bonds. The van der Waals surface area contributed by atoms with Gasteiger partial charge < -0.3 is 9.73 Å². The van der Waals surface area contributed by atoms with Gasteiger partial charge in [0.15, 0.2) is 0 Å². The molecule has 1 atom stereocenters. The van der Waals surface area contributed by atoms with E-state index in [9.17, 15) is 0 Å². The zero-order valence-electron chi connectivity index (χ0n) is 11.2. The van der Waals surface area contributed by atoms with Gasteiger partial charge in [0, 0.05) is 5.92 Å². The van der Waals surface area contributed by atoms with Gasteiger partial charge in [0.1, 0.15) is 6.04 Å². The molecular weight excluding hydrogens is 238 g/mol. The Hall–Kier alpha value is -1.68. The van der Waals surface area contributed by atoms with Crippen LogP contribution in [0.4, 0.5) is 0 Å². The molecule has 1 heterocycles. The number of nitrogens with one attached hydrogen (secondary N) is 1. The highest BCUT2D eigenvalue weighted by atomic mass is 16.4. The SMILES string of the molecule is CCNC(c1ccccc1)c1nnc(C2CCC2)o1. The summed E-state index contributed by atoms with van der Waals surface area (Å²) in [6.07, 6.45) is 3.63. The van der Waals surface area contributed by atoms with E-state index in [1.54, 1.807) is 0 Å². The van der Waals surface area contributed by atoms with E-state index < -0.39 is 0 Å². The Balaban J connectivity index is 1.85. The Bertz CT molecular complexity index is 519. The second kappa shape index (κ2) is 5.53. The van der Waals surface area contributed by atoms with Crippen LogP contribution in [0.25, 0.3) is 0 Å². The molecule has 1 N–H and O–H groups in total. The molecule has 1 aliphatic rings. The lowest BCUT2D eigenvalue weighted by molar-refractivity contribution is 0.316. The minimum Gasteiger partial charge on any atom is -0.423 e. The zero-order valence-corrected chi connectivity index (χ0v) is 11.2. The third-order valence-electron chi connectivity index (χ3n) is 3.70. The van der Waals surface area contributed by atoms with E-state index in [0.717, 1.165) is 18.0 Å². The Morgan fingerprint density at radius 2 is 2.05 bits per heavy atom. The second-order valence-corrected chi connectivity index (χ2v) is 5.01. The first-order valence-corrected chi connectivity index (χ1v) is 7.00. The second-order valence-electron chi connectivity index (χ2n) is 5.01. The molecule has 0 saturated heterocycles. The van der Waals surface area contributed by atoms with Crippen molar-refractivity contribution in [3.05, 3.63) is 47.7 Å². The van der Waals surface area contributed by atoms with Crippen LogP contribution >= 0.6 is 0 Å². The molecule has 1 aromatic carbocycles. The van der Waals surface area contributed by atoms with Crippen LogP contribution in [0.3, 0.4) is 0 Å². The van der Waals surface area contributed by atoms with Crippen molar-refractivity contribution in [2.45, 2.75) is 38.1 Å². The van der Waals surface area contributed by atoms with Crippen molar-refractivity contribution >= 4 is 0 Å². The quantitative estimate of drug-likeness (QED) is 0.894. The lowest BCUT2D eigenvalue weighted by Gasteiger charge is -2.21. The van der Waals surface area contributed by atoms with E-state index in [0.29, 0.717) is 11.8 Å². The van der Waals surface area contributed by atoms with Crippen molar-refractivity contribution in [3.63, 3.8) is 0 Å². The van der Waals surface area contributed by atoms with Crippen LogP contribution in [0.15, 0.2) is 34.7 Å². The molecule has 2 aromatic rings. The third-order valence-corrected chi connectivity index (χ3v) is 3.70. The van der Waals surface area contributed by atoms with Crippen LogP contribution in [0.2, 0.25) is 0 Å². The third kappa shape index (κ3) is 2.54. The number of aromatic nitrogens is 2. The summed E-state index contributed by atoms with van der Waals surface area (Å²) >= 11 is 0. The van der Waals surface area contributed by atoms with Crippen molar-refractivity contribution in [1.29, 1.82) is 0 Å². The molecule has 0 bridgehead atoms. The van der Waals surface area contributed by atoms with E-state index in [1.807, 2.05) is 18.2 Å². The fourth-order valence-corrected chi connectivity index (χ4v) is 2.38. The monoisotopic (exact) mass is 257 g/mol. The Kier molecular flexibility index (Phi) is 3.60. The van der Waals surface area contributed by atoms with E-state index in [4.69, 9.17) is 4.42 Å². The molecule has 0 aliphatic heterocycles. The predicted molar refractivity (Wildman–Crippen MR) is 72.9 cm³/mol. The summed E-state index contributed by atoms with van der Waals surface area (Å²) in [4.78, 5) is 0. The Morgan fingerprint density at radius 3 is 2.68 bits per heavy atom. The minimum atomic E-state index is -0.00692. The molecule has 1 unspecified atom stereocenters. The first kappa shape index (κ1) is 12.4. The van der Waals surface area contributed by atoms with Crippen molar-refractivity contribution in [1.82, 2.24) is 15.5 Å². The first-order chi connectivity index (χ1) is 9.38. The molecule has 1 saturated carbocycles. The topological polar surface area (TPSA) is 51.0 Å². The molecule has 0 radical (unpaired) electrons. The number of rotatable bonds is 5. The zero-order chi connectivity index (χ0) is 13.1. The van der Waals surface area contributed by atoms with Crippen LogP contribution in [0, 0.1) is 0 Å². The van der Waals surface area contributed by atoms with E-state index in [1.165, 1.54) is 19.3 Å². The minimum absolute atomic E-state index is 0.00692. The van der Waals surface area contributed by atoms with Crippen molar-refractivity contribution in [2.24, 2.45) is 0 Å². The van der Waals surface area contributed by atoms with Gasteiger partial charge >= 0.3 is 0 Å². The van der Waals surface area contributed by atoms with Crippen LogP contribution in [0.5, 0.6) is 0 Å². The number of nitrogens with zero attached hydrogens (tertiary/aromatic N) is 2. The van der Waals surface area contributed by atoms with E-state index >= 15 is 0 Å². The number of hydrogen-bond donors (Lipinski definition) is 1. The van der Waals surface area contributed by atoms with Gasteiger partial charge in [0.05, 0.1) is 0 Å². The predicted octanol–water partition coefficient (Wildman–Crippen LogP) is 3.04. The summed E-state index contributed by atoms with van der Waals surface area (Å²) < 4.78 is 5.87. The molecule has 19 heavy (non-hydrogen) atoms. The number of hydrogen-bond acceptors (Lipinski definition) is 4. The summed E-state index contributed by atoms with van der Waals surface area (Å²) in [6.45, 7) is 2.94. The average Bonchev–Trinajstić information content (AvgIpc) is 2.84. The molecule has 1 aliphatic carbocycles. The van der Waals surface area contributed by atoms with Gasteiger partial charge in [-0.25, -0.2) is 0 Å². The molecule has 4 nitrogen and oxygen atoms in total. The lowest BCUT2D eigenvalue weighted by Crippen LogP contribution is -2.22. The number of benzene rings is 1. The standard InChI is InChI=1S/C15H19N3O/c1-2-16-13(11-7-4-3-5-8-11)15-18-17-14(19-15)12-9-6-10-12/h3-5,7-8,12-13,16H,2,6,9-10H2,1H3. The van der Waals surface area contributed by atoms with Crippen molar-refractivity contribution < 1.29 is 4.42 Å². The average molecular weight is 257 g/mol. The fraction of sp³-hybridized carbons (Fsp3) is 0.467. The molecule has 100 valence electrons. The summed E-state index contributed by atoms with van der Waals surface area (Å²) in [5, 5.41) is 11.9. The molecule has 1 fully saturated rings. The Morgan fingerprint density at radius 1 is 1.26 bits per heavy atom. The maximum Gasteiger partial charge on any atom is 0.237 e. The normalized spacial score (nSPS) is 17.1. The van der Waals surface area contributed by atoms with Crippen molar-refractivity contribution in [3.8, 4) is 0 Å². The summed E-state index contributed by atoms with van der Waals surface area (Å²) in [5.74, 6) is 1.97. The van der Waals surface area contributed by atoms with Gasteiger partial charge in [-0.1, -0.05) is 43.7 Å². The smallest absolute Gasteiger partial charge is 0.237 e. The maximum absolute atomic E-state index is 5.87. The van der Waals surface area contributed by atoms with Crippen LogP contribution in [-0.2, 0) is 0 Å². The van der Waals surface area contributed by atoms with Gasteiger partial charge in [-0.3, -0.25) is 0 Å².